The van der Waals surface area contributed by atoms with Gasteiger partial charge in [-0.15, -0.1) is 5.10 Å². The average Bonchev–Trinajstić information content (AvgIpc) is 3.08. The predicted molar refractivity (Wildman–Crippen MR) is 78.6 cm³/mol. The summed E-state index contributed by atoms with van der Waals surface area (Å²) in [5, 5.41) is 14.2. The van der Waals surface area contributed by atoms with Crippen molar-refractivity contribution in [2.75, 3.05) is 5.32 Å². The summed E-state index contributed by atoms with van der Waals surface area (Å²) in [7, 11) is 1.76. The first-order valence-electron chi connectivity index (χ1n) is 6.02. The molecule has 0 aliphatic carbocycles. The van der Waals surface area contributed by atoms with Gasteiger partial charge in [0, 0.05) is 23.3 Å². The van der Waals surface area contributed by atoms with Crippen LogP contribution in [-0.2, 0) is 7.05 Å². The lowest BCUT2D eigenvalue weighted by molar-refractivity contribution is 0.102. The van der Waals surface area contributed by atoms with Crippen LogP contribution in [0.3, 0.4) is 0 Å². The molecule has 0 fully saturated rings. The number of carbonyl (C=O) groups is 1. The maximum absolute atomic E-state index is 12.0. The van der Waals surface area contributed by atoms with Crippen LogP contribution in [0.25, 0.3) is 11.6 Å². The van der Waals surface area contributed by atoms with Crippen LogP contribution < -0.4 is 5.32 Å². The fourth-order valence-electron chi connectivity index (χ4n) is 1.73. The molecule has 0 radical (unpaired) electrons. The summed E-state index contributed by atoms with van der Waals surface area (Å²) in [5.41, 5.74) is 1.17. The number of halogens is 1. The lowest BCUT2D eigenvalue weighted by atomic mass is 10.2. The number of amides is 1. The van der Waals surface area contributed by atoms with Gasteiger partial charge in [0.2, 0.25) is 0 Å². The Bertz CT molecular complexity index is 778. The van der Waals surface area contributed by atoms with Crippen molar-refractivity contribution in [1.29, 1.82) is 0 Å². The summed E-state index contributed by atoms with van der Waals surface area (Å²) in [6.45, 7) is 0. The number of hydrogen-bond donors (Lipinski definition) is 1. The average molecular weight is 348 g/mol. The molecule has 2 aromatic heterocycles. The number of carbonyl (C=O) groups excluding carboxylic acids is 1. The maximum Gasteiger partial charge on any atom is 0.322 e. The monoisotopic (exact) mass is 347 g/mol. The van der Waals surface area contributed by atoms with Gasteiger partial charge in [0.15, 0.2) is 0 Å². The molecule has 7 nitrogen and oxygen atoms in total. The highest BCUT2D eigenvalue weighted by molar-refractivity contribution is 9.10. The van der Waals surface area contributed by atoms with Crippen molar-refractivity contribution in [3.63, 3.8) is 0 Å². The molecule has 3 rings (SSSR count). The van der Waals surface area contributed by atoms with E-state index in [1.54, 1.807) is 48.3 Å². The Morgan fingerprint density at radius 1 is 1.24 bits per heavy atom. The van der Waals surface area contributed by atoms with Gasteiger partial charge in [-0.2, -0.15) is 5.10 Å². The van der Waals surface area contributed by atoms with Crippen molar-refractivity contribution in [3.05, 3.63) is 46.6 Å². The zero-order chi connectivity index (χ0) is 14.8. The number of benzene rings is 1. The van der Waals surface area contributed by atoms with Crippen molar-refractivity contribution in [2.45, 2.75) is 0 Å². The Morgan fingerprint density at radius 3 is 2.67 bits per heavy atom. The second kappa shape index (κ2) is 5.49. The third-order valence-corrected chi connectivity index (χ3v) is 3.32. The Hall–Kier alpha value is -2.48. The fraction of sp³-hybridized carbons (Fsp3) is 0.0769. The lowest BCUT2D eigenvalue weighted by Gasteiger charge is -2.00. The first kappa shape index (κ1) is 13.5. The van der Waals surface area contributed by atoms with Gasteiger partial charge in [0.1, 0.15) is 5.69 Å². The molecular weight excluding hydrogens is 338 g/mol. The van der Waals surface area contributed by atoms with E-state index in [1.165, 1.54) is 0 Å². The van der Waals surface area contributed by atoms with Gasteiger partial charge >= 0.3 is 6.01 Å². The van der Waals surface area contributed by atoms with Crippen LogP contribution >= 0.6 is 15.9 Å². The molecule has 106 valence electrons. The Balaban J connectivity index is 1.77. The fourth-order valence-corrected chi connectivity index (χ4v) is 2.00. The molecule has 0 atom stereocenters. The minimum Gasteiger partial charge on any atom is -0.401 e. The smallest absolute Gasteiger partial charge is 0.322 e. The number of aryl methyl sites for hydroxylation is 1. The Labute approximate surface area is 128 Å². The third-order valence-electron chi connectivity index (χ3n) is 2.79. The highest BCUT2D eigenvalue weighted by Gasteiger charge is 2.14. The van der Waals surface area contributed by atoms with E-state index in [-0.39, 0.29) is 11.9 Å². The molecule has 21 heavy (non-hydrogen) atoms. The molecule has 0 spiro atoms. The first-order chi connectivity index (χ1) is 10.1. The van der Waals surface area contributed by atoms with Crippen molar-refractivity contribution in [2.24, 2.45) is 7.05 Å². The van der Waals surface area contributed by atoms with E-state index in [4.69, 9.17) is 4.42 Å². The SMILES string of the molecule is Cn1nccc1-c1nnc(NC(=O)c2ccc(Br)cc2)o1. The van der Waals surface area contributed by atoms with Crippen LogP contribution in [-0.4, -0.2) is 25.9 Å². The Kier molecular flexibility index (Phi) is 3.53. The van der Waals surface area contributed by atoms with E-state index >= 15 is 0 Å². The van der Waals surface area contributed by atoms with E-state index < -0.39 is 0 Å². The molecule has 0 saturated heterocycles. The number of nitrogens with one attached hydrogen (secondary N) is 1. The zero-order valence-electron chi connectivity index (χ0n) is 10.9. The van der Waals surface area contributed by atoms with E-state index in [1.807, 2.05) is 0 Å². The largest absolute Gasteiger partial charge is 0.401 e. The van der Waals surface area contributed by atoms with Gasteiger partial charge < -0.3 is 4.42 Å². The summed E-state index contributed by atoms with van der Waals surface area (Å²) < 4.78 is 7.90. The van der Waals surface area contributed by atoms with Crippen molar-refractivity contribution < 1.29 is 9.21 Å². The number of anilines is 1. The molecule has 0 unspecified atom stereocenters. The van der Waals surface area contributed by atoms with Crippen molar-refractivity contribution in [1.82, 2.24) is 20.0 Å². The van der Waals surface area contributed by atoms with Crippen LogP contribution in [0.15, 0.2) is 45.4 Å². The normalized spacial score (nSPS) is 10.6. The van der Waals surface area contributed by atoms with Gasteiger partial charge in [0.05, 0.1) is 0 Å². The third kappa shape index (κ3) is 2.84. The minimum atomic E-state index is -0.317. The number of aromatic nitrogens is 4. The van der Waals surface area contributed by atoms with E-state index in [9.17, 15) is 4.79 Å². The van der Waals surface area contributed by atoms with E-state index in [2.05, 4.69) is 36.5 Å². The number of nitrogens with zero attached hydrogens (tertiary/aromatic N) is 4. The summed E-state index contributed by atoms with van der Waals surface area (Å²) >= 11 is 3.31. The summed E-state index contributed by atoms with van der Waals surface area (Å²) in [6.07, 6.45) is 1.62. The second-order valence-electron chi connectivity index (χ2n) is 4.21. The van der Waals surface area contributed by atoms with Gasteiger partial charge in [-0.3, -0.25) is 14.8 Å². The molecule has 2 heterocycles. The first-order valence-corrected chi connectivity index (χ1v) is 6.81. The van der Waals surface area contributed by atoms with Gasteiger partial charge in [-0.05, 0) is 30.3 Å². The molecule has 1 N–H and O–H groups in total. The quantitative estimate of drug-likeness (QED) is 0.786. The van der Waals surface area contributed by atoms with Crippen LogP contribution in [0.1, 0.15) is 10.4 Å². The summed E-state index contributed by atoms with van der Waals surface area (Å²) in [6, 6.07) is 8.73. The highest BCUT2D eigenvalue weighted by Crippen LogP contribution is 2.19. The van der Waals surface area contributed by atoms with Crippen LogP contribution in [0.4, 0.5) is 6.01 Å². The molecule has 0 aliphatic heterocycles. The van der Waals surface area contributed by atoms with E-state index in [0.29, 0.717) is 17.1 Å². The van der Waals surface area contributed by atoms with Crippen LogP contribution in [0, 0.1) is 0 Å². The number of rotatable bonds is 3. The molecule has 8 heteroatoms. The molecule has 0 saturated carbocycles. The van der Waals surface area contributed by atoms with Crippen molar-refractivity contribution >= 4 is 27.9 Å². The Morgan fingerprint density at radius 2 is 2.00 bits per heavy atom. The molecule has 1 aromatic carbocycles. The maximum atomic E-state index is 12.0. The van der Waals surface area contributed by atoms with Gasteiger partial charge in [-0.1, -0.05) is 21.0 Å². The minimum absolute atomic E-state index is 0.0409. The molecule has 3 aromatic rings. The van der Waals surface area contributed by atoms with E-state index in [0.717, 1.165) is 4.47 Å². The van der Waals surface area contributed by atoms with Crippen LogP contribution in [0.2, 0.25) is 0 Å². The second-order valence-corrected chi connectivity index (χ2v) is 5.13. The summed E-state index contributed by atoms with van der Waals surface area (Å²) in [5.74, 6) is -0.0242. The van der Waals surface area contributed by atoms with Gasteiger partial charge in [0.25, 0.3) is 11.8 Å². The lowest BCUT2D eigenvalue weighted by Crippen LogP contribution is -2.11. The van der Waals surface area contributed by atoms with Crippen LogP contribution in [0.5, 0.6) is 0 Å². The highest BCUT2D eigenvalue weighted by atomic mass is 79.9. The molecule has 0 bridgehead atoms. The molecule has 0 aliphatic rings. The van der Waals surface area contributed by atoms with Crippen molar-refractivity contribution in [3.8, 4) is 11.6 Å². The summed E-state index contributed by atoms with van der Waals surface area (Å²) in [4.78, 5) is 12.0. The molecular formula is C13H10BrN5O2. The standard InChI is InChI=1S/C13H10BrN5O2/c1-19-10(6-7-15-19)12-17-18-13(21-12)16-11(20)8-2-4-9(14)5-3-8/h2-7H,1H3,(H,16,18,20). The topological polar surface area (TPSA) is 85.8 Å². The predicted octanol–water partition coefficient (Wildman–Crippen LogP) is 2.48. The van der Waals surface area contributed by atoms with Gasteiger partial charge in [-0.25, -0.2) is 0 Å². The number of hydrogen-bond acceptors (Lipinski definition) is 5. The zero-order valence-corrected chi connectivity index (χ0v) is 12.5. The molecule has 1 amide bonds.